The SMILES string of the molecule is CC(C)[N+]([O-])=CCC1(C)CC=CC1(C)C. The van der Waals surface area contributed by atoms with Crippen LogP contribution in [0.5, 0.6) is 0 Å². The summed E-state index contributed by atoms with van der Waals surface area (Å²) in [5.74, 6) is 0. The molecule has 0 spiro atoms. The molecule has 0 radical (unpaired) electrons. The fourth-order valence-corrected chi connectivity index (χ4v) is 1.93. The molecule has 0 fully saturated rings. The molecule has 0 saturated heterocycles. The van der Waals surface area contributed by atoms with Crippen LogP contribution < -0.4 is 0 Å². The monoisotopic (exact) mass is 209 g/mol. The van der Waals surface area contributed by atoms with Gasteiger partial charge in [-0.25, -0.2) is 4.74 Å². The molecule has 2 nitrogen and oxygen atoms in total. The van der Waals surface area contributed by atoms with Gasteiger partial charge in [0.15, 0.2) is 12.3 Å². The Bertz CT molecular complexity index is 289. The molecule has 0 heterocycles. The lowest BCUT2D eigenvalue weighted by molar-refractivity contribution is -0.489. The van der Waals surface area contributed by atoms with Crippen LogP contribution in [0, 0.1) is 16.0 Å². The van der Waals surface area contributed by atoms with E-state index in [1.807, 2.05) is 13.8 Å². The normalized spacial score (nSPS) is 30.1. The van der Waals surface area contributed by atoms with E-state index in [9.17, 15) is 5.21 Å². The van der Waals surface area contributed by atoms with E-state index < -0.39 is 0 Å². The van der Waals surface area contributed by atoms with Crippen LogP contribution in [0.25, 0.3) is 0 Å². The molecule has 1 atom stereocenters. The van der Waals surface area contributed by atoms with Crippen molar-refractivity contribution in [3.05, 3.63) is 17.4 Å². The molecular formula is C13H23NO. The molecular weight excluding hydrogens is 186 g/mol. The van der Waals surface area contributed by atoms with Crippen LogP contribution in [-0.2, 0) is 0 Å². The van der Waals surface area contributed by atoms with Crippen molar-refractivity contribution in [2.75, 3.05) is 0 Å². The highest BCUT2D eigenvalue weighted by Gasteiger charge is 2.41. The molecule has 0 aliphatic heterocycles. The van der Waals surface area contributed by atoms with E-state index in [4.69, 9.17) is 0 Å². The summed E-state index contributed by atoms with van der Waals surface area (Å²) < 4.78 is 1.07. The van der Waals surface area contributed by atoms with Crippen molar-refractivity contribution in [2.45, 2.75) is 53.5 Å². The second-order valence-corrected chi connectivity index (χ2v) is 5.73. The molecule has 0 amide bonds. The first-order valence-electron chi connectivity index (χ1n) is 5.75. The van der Waals surface area contributed by atoms with Gasteiger partial charge in [0.05, 0.1) is 0 Å². The smallest absolute Gasteiger partial charge is 0.157 e. The van der Waals surface area contributed by atoms with Crippen molar-refractivity contribution >= 4 is 6.21 Å². The first kappa shape index (κ1) is 12.3. The lowest BCUT2D eigenvalue weighted by Crippen LogP contribution is -2.31. The molecule has 0 N–H and O–H groups in total. The van der Waals surface area contributed by atoms with Crippen molar-refractivity contribution in [1.82, 2.24) is 0 Å². The Balaban J connectivity index is 2.71. The Kier molecular flexibility index (Phi) is 3.27. The first-order valence-corrected chi connectivity index (χ1v) is 5.75. The van der Waals surface area contributed by atoms with Crippen molar-refractivity contribution in [3.8, 4) is 0 Å². The topological polar surface area (TPSA) is 26.1 Å². The second-order valence-electron chi connectivity index (χ2n) is 5.73. The molecule has 0 aromatic heterocycles. The minimum atomic E-state index is 0.0473. The minimum Gasteiger partial charge on any atom is -0.624 e. The van der Waals surface area contributed by atoms with Gasteiger partial charge in [0.1, 0.15) is 0 Å². The van der Waals surface area contributed by atoms with Gasteiger partial charge in [0, 0.05) is 6.42 Å². The zero-order valence-corrected chi connectivity index (χ0v) is 10.6. The number of rotatable bonds is 3. The highest BCUT2D eigenvalue weighted by Crippen LogP contribution is 2.49. The maximum absolute atomic E-state index is 11.5. The quantitative estimate of drug-likeness (QED) is 0.230. The van der Waals surface area contributed by atoms with Crippen molar-refractivity contribution in [2.24, 2.45) is 10.8 Å². The van der Waals surface area contributed by atoms with Crippen LogP contribution in [0.2, 0.25) is 0 Å². The van der Waals surface area contributed by atoms with Crippen molar-refractivity contribution in [3.63, 3.8) is 0 Å². The Morgan fingerprint density at radius 1 is 1.40 bits per heavy atom. The lowest BCUT2D eigenvalue weighted by atomic mass is 9.67. The maximum atomic E-state index is 11.5. The van der Waals surface area contributed by atoms with Gasteiger partial charge in [-0.1, -0.05) is 32.9 Å². The van der Waals surface area contributed by atoms with Crippen molar-refractivity contribution < 1.29 is 4.74 Å². The van der Waals surface area contributed by atoms with Gasteiger partial charge in [-0.2, -0.15) is 0 Å². The number of hydrogen-bond acceptors (Lipinski definition) is 1. The van der Waals surface area contributed by atoms with Gasteiger partial charge in [-0.15, -0.1) is 0 Å². The molecule has 0 saturated carbocycles. The standard InChI is InChI=1S/C13H23NO/c1-11(2)14(15)10-9-13(5)8-6-7-12(13,3)4/h6-7,10-11H,8-9H2,1-5H3. The van der Waals surface area contributed by atoms with E-state index in [0.29, 0.717) is 0 Å². The zero-order valence-electron chi connectivity index (χ0n) is 10.6. The first-order chi connectivity index (χ1) is 6.78. The Hall–Kier alpha value is -0.790. The summed E-state index contributed by atoms with van der Waals surface area (Å²) in [5, 5.41) is 11.5. The van der Waals surface area contributed by atoms with Gasteiger partial charge in [-0.3, -0.25) is 0 Å². The van der Waals surface area contributed by atoms with Crippen molar-refractivity contribution in [1.29, 1.82) is 0 Å². The van der Waals surface area contributed by atoms with Gasteiger partial charge < -0.3 is 5.21 Å². The van der Waals surface area contributed by atoms with E-state index in [2.05, 4.69) is 32.9 Å². The second kappa shape index (κ2) is 3.99. The number of nitrogens with zero attached hydrogens (tertiary/aromatic N) is 1. The highest BCUT2D eigenvalue weighted by atomic mass is 16.5. The molecule has 0 aromatic carbocycles. The third-order valence-electron chi connectivity index (χ3n) is 3.89. The molecule has 1 aliphatic rings. The molecule has 0 bridgehead atoms. The number of allylic oxidation sites excluding steroid dienone is 2. The highest BCUT2D eigenvalue weighted by molar-refractivity contribution is 5.53. The van der Waals surface area contributed by atoms with E-state index in [1.165, 1.54) is 0 Å². The van der Waals surface area contributed by atoms with Crippen LogP contribution >= 0.6 is 0 Å². The minimum absolute atomic E-state index is 0.0473. The molecule has 86 valence electrons. The molecule has 1 rings (SSSR count). The molecule has 1 aliphatic carbocycles. The summed E-state index contributed by atoms with van der Waals surface area (Å²) in [6.07, 6.45) is 8.24. The Morgan fingerprint density at radius 2 is 2.00 bits per heavy atom. The summed E-state index contributed by atoms with van der Waals surface area (Å²) in [5.41, 5.74) is 0.395. The fraction of sp³-hybridized carbons (Fsp3) is 0.769. The van der Waals surface area contributed by atoms with E-state index >= 15 is 0 Å². The third-order valence-corrected chi connectivity index (χ3v) is 3.89. The van der Waals surface area contributed by atoms with Crippen LogP contribution in [0.15, 0.2) is 12.2 Å². The summed E-state index contributed by atoms with van der Waals surface area (Å²) in [4.78, 5) is 0. The third kappa shape index (κ3) is 2.42. The van der Waals surface area contributed by atoms with E-state index in [0.717, 1.165) is 17.6 Å². The average Bonchev–Trinajstić information content (AvgIpc) is 2.38. The zero-order chi connectivity index (χ0) is 11.7. The Labute approximate surface area is 93.3 Å². The van der Waals surface area contributed by atoms with E-state index in [-0.39, 0.29) is 16.9 Å². The van der Waals surface area contributed by atoms with Gasteiger partial charge in [-0.05, 0) is 31.1 Å². The van der Waals surface area contributed by atoms with E-state index in [1.54, 1.807) is 6.21 Å². The molecule has 0 aromatic rings. The summed E-state index contributed by atoms with van der Waals surface area (Å²) >= 11 is 0. The molecule has 15 heavy (non-hydrogen) atoms. The van der Waals surface area contributed by atoms with Gasteiger partial charge in [0.2, 0.25) is 0 Å². The average molecular weight is 209 g/mol. The predicted octanol–water partition coefficient (Wildman–Crippen LogP) is 3.36. The summed E-state index contributed by atoms with van der Waals surface area (Å²) in [6.45, 7) is 10.6. The predicted molar refractivity (Wildman–Crippen MR) is 65.1 cm³/mol. The number of hydrogen-bond donors (Lipinski definition) is 0. The van der Waals surface area contributed by atoms with Crippen LogP contribution in [-0.4, -0.2) is 17.0 Å². The van der Waals surface area contributed by atoms with Gasteiger partial charge in [0.25, 0.3) is 0 Å². The Morgan fingerprint density at radius 3 is 2.40 bits per heavy atom. The van der Waals surface area contributed by atoms with Gasteiger partial charge >= 0.3 is 0 Å². The summed E-state index contributed by atoms with van der Waals surface area (Å²) in [7, 11) is 0. The molecule has 2 heteroatoms. The summed E-state index contributed by atoms with van der Waals surface area (Å²) in [6, 6.07) is 0.0473. The van der Waals surface area contributed by atoms with Crippen LogP contribution in [0.4, 0.5) is 0 Å². The maximum Gasteiger partial charge on any atom is 0.157 e. The number of hydroxylamine groups is 1. The molecule has 1 unspecified atom stereocenters. The fourth-order valence-electron chi connectivity index (χ4n) is 1.93. The van der Waals surface area contributed by atoms with Crippen LogP contribution in [0.3, 0.4) is 0 Å². The lowest BCUT2D eigenvalue weighted by Gasteiger charge is -2.36. The van der Waals surface area contributed by atoms with Crippen LogP contribution in [0.1, 0.15) is 47.5 Å². The largest absolute Gasteiger partial charge is 0.624 e.